The van der Waals surface area contributed by atoms with Crippen molar-refractivity contribution in [1.82, 2.24) is 14.8 Å². The van der Waals surface area contributed by atoms with Crippen LogP contribution in [0.4, 0.5) is 0 Å². The summed E-state index contributed by atoms with van der Waals surface area (Å²) in [5.74, 6) is 0.968. The zero-order valence-electron chi connectivity index (χ0n) is 15.3. The van der Waals surface area contributed by atoms with Crippen LogP contribution in [0.25, 0.3) is 5.69 Å². The van der Waals surface area contributed by atoms with Crippen LogP contribution in [0.1, 0.15) is 5.82 Å². The van der Waals surface area contributed by atoms with E-state index in [0.717, 1.165) is 17.4 Å². The molecule has 28 heavy (non-hydrogen) atoms. The molecule has 0 saturated carbocycles. The van der Waals surface area contributed by atoms with Gasteiger partial charge in [-0.15, -0.1) is 10.2 Å². The largest absolute Gasteiger partial charge is 0.549 e. The van der Waals surface area contributed by atoms with Crippen LogP contribution >= 0.6 is 11.8 Å². The molecule has 146 valence electrons. The fourth-order valence-electron chi connectivity index (χ4n) is 2.48. The number of rotatable bonds is 9. The van der Waals surface area contributed by atoms with Crippen LogP contribution in [-0.2, 0) is 11.4 Å². The summed E-state index contributed by atoms with van der Waals surface area (Å²) in [7, 11) is 3.15. The van der Waals surface area contributed by atoms with Crippen molar-refractivity contribution >= 4 is 17.7 Å². The van der Waals surface area contributed by atoms with Gasteiger partial charge in [-0.1, -0.05) is 23.9 Å². The minimum absolute atomic E-state index is 0.116. The lowest BCUT2D eigenvalue weighted by Crippen LogP contribution is -2.24. The Balaban J connectivity index is 1.90. The Hall–Kier alpha value is -3.20. The van der Waals surface area contributed by atoms with E-state index >= 15 is 0 Å². The standard InChI is InChI=1S/C19H19N3O5S/c1-25-14-9-7-13(8-10-14)22-17(20-21-19(22)28-12-18(23)24)11-27-16-6-4-3-5-15(16)26-2/h3-10H,11-12H2,1-2H3,(H,23,24)/p-1. The zero-order chi connectivity index (χ0) is 19.9. The molecule has 3 aromatic rings. The lowest BCUT2D eigenvalue weighted by molar-refractivity contribution is -0.301. The van der Waals surface area contributed by atoms with Gasteiger partial charge in [-0.25, -0.2) is 0 Å². The molecular formula is C19H18N3O5S-. The smallest absolute Gasteiger partial charge is 0.196 e. The molecule has 8 nitrogen and oxygen atoms in total. The highest BCUT2D eigenvalue weighted by molar-refractivity contribution is 7.99. The zero-order valence-corrected chi connectivity index (χ0v) is 16.1. The number of carboxylic acids is 1. The van der Waals surface area contributed by atoms with Crippen molar-refractivity contribution in [3.8, 4) is 22.9 Å². The first-order chi connectivity index (χ1) is 13.6. The maximum atomic E-state index is 10.8. The summed E-state index contributed by atoms with van der Waals surface area (Å²) in [5, 5.41) is 19.5. The third kappa shape index (κ3) is 4.55. The van der Waals surface area contributed by atoms with Gasteiger partial charge < -0.3 is 24.1 Å². The summed E-state index contributed by atoms with van der Waals surface area (Å²) in [6.07, 6.45) is 0. The number of hydrogen-bond acceptors (Lipinski definition) is 8. The van der Waals surface area contributed by atoms with E-state index < -0.39 is 5.97 Å². The maximum Gasteiger partial charge on any atom is 0.196 e. The second-order valence-electron chi connectivity index (χ2n) is 5.53. The van der Waals surface area contributed by atoms with Crippen molar-refractivity contribution in [2.75, 3.05) is 20.0 Å². The number of carbonyl (C=O) groups excluding carboxylic acids is 1. The number of carbonyl (C=O) groups is 1. The fraction of sp³-hybridized carbons (Fsp3) is 0.211. The van der Waals surface area contributed by atoms with Crippen LogP contribution < -0.4 is 19.3 Å². The number of ether oxygens (including phenoxy) is 3. The molecule has 1 heterocycles. The number of carboxylic acid groups (broad SMARTS) is 1. The molecule has 0 atom stereocenters. The molecule has 0 spiro atoms. The summed E-state index contributed by atoms with van der Waals surface area (Å²) in [6, 6.07) is 14.5. The molecule has 0 N–H and O–H groups in total. The SMILES string of the molecule is COc1ccc(-n2c(COc3ccccc3OC)nnc2SCC(=O)[O-])cc1. The number of thioether (sulfide) groups is 1. The van der Waals surface area contributed by atoms with Gasteiger partial charge in [-0.2, -0.15) is 0 Å². The summed E-state index contributed by atoms with van der Waals surface area (Å²) in [5.41, 5.74) is 0.755. The predicted octanol–water partition coefficient (Wildman–Crippen LogP) is 1.71. The van der Waals surface area contributed by atoms with Gasteiger partial charge >= 0.3 is 0 Å². The van der Waals surface area contributed by atoms with Crippen LogP contribution in [0.3, 0.4) is 0 Å². The van der Waals surface area contributed by atoms with E-state index in [1.54, 1.807) is 43.1 Å². The van der Waals surface area contributed by atoms with E-state index in [1.165, 1.54) is 0 Å². The van der Waals surface area contributed by atoms with Crippen molar-refractivity contribution in [3.63, 3.8) is 0 Å². The van der Waals surface area contributed by atoms with E-state index in [1.807, 2.05) is 24.3 Å². The van der Waals surface area contributed by atoms with Crippen molar-refractivity contribution in [2.45, 2.75) is 11.8 Å². The third-order valence-corrected chi connectivity index (χ3v) is 4.68. The first-order valence-electron chi connectivity index (χ1n) is 8.29. The average molecular weight is 400 g/mol. The molecule has 0 bridgehead atoms. The Morgan fingerprint density at radius 1 is 1.04 bits per heavy atom. The second-order valence-corrected chi connectivity index (χ2v) is 6.47. The Bertz CT molecular complexity index is 943. The molecule has 0 aliphatic heterocycles. The number of hydrogen-bond donors (Lipinski definition) is 0. The molecule has 0 fully saturated rings. The first-order valence-corrected chi connectivity index (χ1v) is 9.28. The molecule has 0 amide bonds. The van der Waals surface area contributed by atoms with Crippen LogP contribution in [0.5, 0.6) is 17.2 Å². The molecule has 2 aromatic carbocycles. The molecule has 0 aliphatic rings. The quantitative estimate of drug-likeness (QED) is 0.501. The van der Waals surface area contributed by atoms with Gasteiger partial charge in [0.25, 0.3) is 0 Å². The molecular weight excluding hydrogens is 382 g/mol. The highest BCUT2D eigenvalue weighted by Gasteiger charge is 2.16. The van der Waals surface area contributed by atoms with Crippen LogP contribution in [0.2, 0.25) is 0 Å². The van der Waals surface area contributed by atoms with Gasteiger partial charge in [0, 0.05) is 11.4 Å². The van der Waals surface area contributed by atoms with Crippen molar-refractivity contribution in [1.29, 1.82) is 0 Å². The summed E-state index contributed by atoms with van der Waals surface area (Å²) >= 11 is 1.03. The predicted molar refractivity (Wildman–Crippen MR) is 101 cm³/mol. The number of benzene rings is 2. The van der Waals surface area contributed by atoms with E-state index in [9.17, 15) is 9.90 Å². The third-order valence-electron chi connectivity index (χ3n) is 3.78. The molecule has 1 aromatic heterocycles. The van der Waals surface area contributed by atoms with Crippen molar-refractivity contribution < 1.29 is 24.1 Å². The van der Waals surface area contributed by atoms with Gasteiger partial charge in [-0.05, 0) is 36.4 Å². The number of nitrogens with zero attached hydrogens (tertiary/aromatic N) is 3. The number of aliphatic carboxylic acids is 1. The Kier molecular flexibility index (Phi) is 6.38. The highest BCUT2D eigenvalue weighted by Crippen LogP contribution is 2.28. The van der Waals surface area contributed by atoms with Crippen molar-refractivity contribution in [3.05, 3.63) is 54.4 Å². The molecule has 9 heteroatoms. The maximum absolute atomic E-state index is 10.8. The normalized spacial score (nSPS) is 10.5. The fourth-order valence-corrected chi connectivity index (χ4v) is 3.17. The number of methoxy groups -OCH3 is 2. The Morgan fingerprint density at radius 3 is 2.39 bits per heavy atom. The van der Waals surface area contributed by atoms with Gasteiger partial charge in [0.15, 0.2) is 22.5 Å². The summed E-state index contributed by atoms with van der Waals surface area (Å²) in [4.78, 5) is 10.8. The average Bonchev–Trinajstić information content (AvgIpc) is 3.13. The van der Waals surface area contributed by atoms with Crippen molar-refractivity contribution in [2.24, 2.45) is 0 Å². The van der Waals surface area contributed by atoms with E-state index in [0.29, 0.717) is 28.2 Å². The lowest BCUT2D eigenvalue weighted by atomic mass is 10.3. The molecule has 0 unspecified atom stereocenters. The summed E-state index contributed by atoms with van der Waals surface area (Å²) in [6.45, 7) is 0.116. The van der Waals surface area contributed by atoms with Crippen LogP contribution in [0, 0.1) is 0 Å². The van der Waals surface area contributed by atoms with Gasteiger partial charge in [-0.3, -0.25) is 4.57 Å². The molecule has 3 rings (SSSR count). The number of para-hydroxylation sites is 2. The monoisotopic (exact) mass is 400 g/mol. The van der Waals surface area contributed by atoms with Gasteiger partial charge in [0.1, 0.15) is 12.4 Å². The molecule has 0 saturated heterocycles. The minimum atomic E-state index is -1.18. The summed E-state index contributed by atoms with van der Waals surface area (Å²) < 4.78 is 18.1. The topological polar surface area (TPSA) is 98.5 Å². The van der Waals surface area contributed by atoms with E-state index in [-0.39, 0.29) is 12.4 Å². The van der Waals surface area contributed by atoms with Gasteiger partial charge in [0.2, 0.25) is 0 Å². The second kappa shape index (κ2) is 9.14. The lowest BCUT2D eigenvalue weighted by Gasteiger charge is -2.13. The van der Waals surface area contributed by atoms with Gasteiger partial charge in [0.05, 0.1) is 20.2 Å². The van der Waals surface area contributed by atoms with E-state index in [4.69, 9.17) is 14.2 Å². The minimum Gasteiger partial charge on any atom is -0.549 e. The number of aromatic nitrogens is 3. The van der Waals surface area contributed by atoms with E-state index in [2.05, 4.69) is 10.2 Å². The molecule has 0 aliphatic carbocycles. The Labute approximate surface area is 166 Å². The van der Waals surface area contributed by atoms with Crippen LogP contribution in [0.15, 0.2) is 53.7 Å². The van der Waals surface area contributed by atoms with Crippen LogP contribution in [-0.4, -0.2) is 40.7 Å². The molecule has 0 radical (unpaired) electrons. The Morgan fingerprint density at radius 2 is 1.75 bits per heavy atom. The first kappa shape index (κ1) is 19.6. The highest BCUT2D eigenvalue weighted by atomic mass is 32.2.